The van der Waals surface area contributed by atoms with Gasteiger partial charge in [-0.25, -0.2) is 0 Å². The minimum Gasteiger partial charge on any atom is -0.507 e. The second-order valence-corrected chi connectivity index (χ2v) is 8.31. The Hall–Kier alpha value is -3.32. The van der Waals surface area contributed by atoms with Gasteiger partial charge in [0.15, 0.2) is 11.5 Å². The molecule has 7 nitrogen and oxygen atoms in total. The Balaban J connectivity index is 2.08. The normalized spacial score (nSPS) is 17.3. The van der Waals surface area contributed by atoms with Crippen LogP contribution in [0, 0.1) is 0 Å². The van der Waals surface area contributed by atoms with Crippen LogP contribution in [0.15, 0.2) is 54.1 Å². The molecule has 35 heavy (non-hydrogen) atoms. The quantitative estimate of drug-likeness (QED) is 0.271. The molecule has 1 fully saturated rings. The van der Waals surface area contributed by atoms with E-state index in [1.54, 1.807) is 41.3 Å². The summed E-state index contributed by atoms with van der Waals surface area (Å²) in [7, 11) is 0. The molecule has 1 N–H and O–H groups in total. The van der Waals surface area contributed by atoms with Crippen molar-refractivity contribution in [3.8, 4) is 11.5 Å². The van der Waals surface area contributed by atoms with Crippen molar-refractivity contribution in [1.29, 1.82) is 0 Å². The largest absolute Gasteiger partial charge is 0.507 e. The summed E-state index contributed by atoms with van der Waals surface area (Å²) in [6, 6.07) is 13.6. The lowest BCUT2D eigenvalue weighted by Gasteiger charge is -2.27. The highest BCUT2D eigenvalue weighted by Crippen LogP contribution is 2.42. The van der Waals surface area contributed by atoms with Gasteiger partial charge in [-0.15, -0.1) is 0 Å². The Kier molecular flexibility index (Phi) is 9.32. The first-order valence-electron chi connectivity index (χ1n) is 12.4. The molecule has 0 spiro atoms. The first-order chi connectivity index (χ1) is 17.0. The molecule has 0 radical (unpaired) electrons. The number of ether oxygens (including phenoxy) is 2. The molecule has 0 saturated carbocycles. The van der Waals surface area contributed by atoms with Crippen LogP contribution in [0.4, 0.5) is 0 Å². The van der Waals surface area contributed by atoms with Crippen LogP contribution in [0.25, 0.3) is 5.76 Å². The number of likely N-dealkylation sites (tertiary alicyclic amines) is 1. The van der Waals surface area contributed by atoms with Gasteiger partial charge >= 0.3 is 0 Å². The van der Waals surface area contributed by atoms with Gasteiger partial charge in [0.2, 0.25) is 0 Å². The van der Waals surface area contributed by atoms with Crippen LogP contribution in [0.2, 0.25) is 0 Å². The summed E-state index contributed by atoms with van der Waals surface area (Å²) in [6.45, 7) is 12.0. The van der Waals surface area contributed by atoms with Gasteiger partial charge in [-0.05, 0) is 57.6 Å². The van der Waals surface area contributed by atoms with E-state index in [0.717, 1.165) is 19.6 Å². The smallest absolute Gasteiger partial charge is 0.295 e. The van der Waals surface area contributed by atoms with Gasteiger partial charge in [0.1, 0.15) is 5.76 Å². The van der Waals surface area contributed by atoms with Crippen LogP contribution in [0.1, 0.15) is 51.3 Å². The number of ketones is 1. The maximum Gasteiger partial charge on any atom is 0.295 e. The van der Waals surface area contributed by atoms with Crippen molar-refractivity contribution in [2.24, 2.45) is 0 Å². The lowest BCUT2D eigenvalue weighted by atomic mass is 9.95. The second-order valence-electron chi connectivity index (χ2n) is 8.31. The van der Waals surface area contributed by atoms with Crippen molar-refractivity contribution in [3.63, 3.8) is 0 Å². The lowest BCUT2D eigenvalue weighted by molar-refractivity contribution is -0.140. The molecule has 0 aliphatic carbocycles. The SMILES string of the molecule is CCOc1ccc([C@@H]2C(=C(O)c3ccccc3)C(=O)C(=O)N2CCCN(CC)CC)cc1OCC. The van der Waals surface area contributed by atoms with Gasteiger partial charge in [0.25, 0.3) is 11.7 Å². The summed E-state index contributed by atoms with van der Waals surface area (Å²) in [5.41, 5.74) is 1.28. The standard InChI is InChI=1S/C28H36N2O5/c1-5-29(6-2)17-12-18-30-25(21-15-16-22(34-7-3)23(19-21)35-8-4)24(27(32)28(30)33)26(31)20-13-10-9-11-14-20/h9-11,13-16,19,25,31H,5-8,12,17-18H2,1-4H3/t25-/m1/s1. The average Bonchev–Trinajstić information content (AvgIpc) is 3.13. The molecule has 3 rings (SSSR count). The van der Waals surface area contributed by atoms with Gasteiger partial charge in [-0.1, -0.05) is 50.2 Å². The molecule has 1 heterocycles. The molecule has 1 amide bonds. The van der Waals surface area contributed by atoms with E-state index in [0.29, 0.717) is 48.8 Å². The van der Waals surface area contributed by atoms with Crippen molar-refractivity contribution in [1.82, 2.24) is 9.80 Å². The Morgan fingerprint density at radius 2 is 1.60 bits per heavy atom. The molecule has 2 aromatic rings. The molecule has 7 heteroatoms. The van der Waals surface area contributed by atoms with E-state index in [4.69, 9.17) is 9.47 Å². The minimum absolute atomic E-state index is 0.0932. The minimum atomic E-state index is -0.721. The number of rotatable bonds is 12. The number of benzene rings is 2. The number of carbonyl (C=O) groups is 2. The third-order valence-corrected chi connectivity index (χ3v) is 6.24. The molecule has 0 aromatic heterocycles. The number of Topliss-reactive ketones (excluding diaryl/α,β-unsaturated/α-hetero) is 1. The monoisotopic (exact) mass is 480 g/mol. The fraction of sp³-hybridized carbons (Fsp3) is 0.429. The zero-order valence-corrected chi connectivity index (χ0v) is 21.1. The van der Waals surface area contributed by atoms with E-state index in [9.17, 15) is 14.7 Å². The van der Waals surface area contributed by atoms with Crippen molar-refractivity contribution in [3.05, 3.63) is 65.2 Å². The fourth-order valence-electron chi connectivity index (χ4n) is 4.45. The first kappa shape index (κ1) is 26.3. The number of carbonyl (C=O) groups excluding carboxylic acids is 2. The first-order valence-corrected chi connectivity index (χ1v) is 12.4. The number of nitrogens with zero attached hydrogens (tertiary/aromatic N) is 2. The lowest BCUT2D eigenvalue weighted by Crippen LogP contribution is -2.33. The maximum absolute atomic E-state index is 13.2. The third kappa shape index (κ3) is 5.85. The van der Waals surface area contributed by atoms with E-state index in [1.807, 2.05) is 26.0 Å². The molecule has 1 aliphatic heterocycles. The van der Waals surface area contributed by atoms with E-state index in [2.05, 4.69) is 18.7 Å². The molecule has 1 atom stereocenters. The summed E-state index contributed by atoms with van der Waals surface area (Å²) < 4.78 is 11.5. The van der Waals surface area contributed by atoms with E-state index in [-0.39, 0.29) is 11.3 Å². The van der Waals surface area contributed by atoms with E-state index in [1.165, 1.54) is 0 Å². The van der Waals surface area contributed by atoms with Crippen molar-refractivity contribution in [2.75, 3.05) is 39.4 Å². The summed E-state index contributed by atoms with van der Waals surface area (Å²) >= 11 is 0. The van der Waals surface area contributed by atoms with Crippen LogP contribution in [-0.4, -0.2) is 66.0 Å². The summed E-state index contributed by atoms with van der Waals surface area (Å²) in [4.78, 5) is 30.3. The molecule has 2 aromatic carbocycles. The number of hydrogen-bond donors (Lipinski definition) is 1. The van der Waals surface area contributed by atoms with Crippen LogP contribution in [-0.2, 0) is 9.59 Å². The Bertz CT molecular complexity index is 1050. The zero-order valence-electron chi connectivity index (χ0n) is 21.1. The Labute approximate surface area is 207 Å². The molecule has 0 unspecified atom stereocenters. The van der Waals surface area contributed by atoms with Crippen LogP contribution >= 0.6 is 0 Å². The second kappa shape index (κ2) is 12.4. The summed E-state index contributed by atoms with van der Waals surface area (Å²) in [5.74, 6) is -0.308. The van der Waals surface area contributed by atoms with Gasteiger partial charge in [0.05, 0.1) is 24.8 Å². The highest BCUT2D eigenvalue weighted by Gasteiger charge is 2.46. The van der Waals surface area contributed by atoms with Crippen molar-refractivity contribution in [2.45, 2.75) is 40.2 Å². The summed E-state index contributed by atoms with van der Waals surface area (Å²) in [6.07, 6.45) is 0.714. The molecule has 188 valence electrons. The predicted molar refractivity (Wildman–Crippen MR) is 137 cm³/mol. The maximum atomic E-state index is 13.2. The fourth-order valence-corrected chi connectivity index (χ4v) is 4.45. The molecule has 0 bridgehead atoms. The molecule has 1 aliphatic rings. The Morgan fingerprint density at radius 1 is 0.943 bits per heavy atom. The molecular weight excluding hydrogens is 444 g/mol. The van der Waals surface area contributed by atoms with Crippen molar-refractivity contribution >= 4 is 17.4 Å². The predicted octanol–water partition coefficient (Wildman–Crippen LogP) is 4.64. The van der Waals surface area contributed by atoms with Gasteiger partial charge in [-0.3, -0.25) is 9.59 Å². The van der Waals surface area contributed by atoms with Gasteiger partial charge in [-0.2, -0.15) is 0 Å². The van der Waals surface area contributed by atoms with Gasteiger partial charge < -0.3 is 24.4 Å². The van der Waals surface area contributed by atoms with Gasteiger partial charge in [0, 0.05) is 12.1 Å². The van der Waals surface area contributed by atoms with Crippen molar-refractivity contribution < 1.29 is 24.2 Å². The van der Waals surface area contributed by atoms with Crippen LogP contribution in [0.3, 0.4) is 0 Å². The number of aliphatic hydroxyl groups is 1. The van der Waals surface area contributed by atoms with E-state index >= 15 is 0 Å². The number of amides is 1. The summed E-state index contributed by atoms with van der Waals surface area (Å²) in [5, 5.41) is 11.2. The number of aliphatic hydroxyl groups excluding tert-OH is 1. The number of hydrogen-bond acceptors (Lipinski definition) is 6. The highest BCUT2D eigenvalue weighted by atomic mass is 16.5. The topological polar surface area (TPSA) is 79.3 Å². The van der Waals surface area contributed by atoms with Crippen LogP contribution in [0.5, 0.6) is 11.5 Å². The van der Waals surface area contributed by atoms with Crippen LogP contribution < -0.4 is 9.47 Å². The molecule has 1 saturated heterocycles. The third-order valence-electron chi connectivity index (χ3n) is 6.24. The van der Waals surface area contributed by atoms with E-state index < -0.39 is 17.7 Å². The molecular formula is C28H36N2O5. The average molecular weight is 481 g/mol. The Morgan fingerprint density at radius 3 is 2.23 bits per heavy atom. The zero-order chi connectivity index (χ0) is 25.4. The highest BCUT2D eigenvalue weighted by molar-refractivity contribution is 6.46.